The van der Waals surface area contributed by atoms with Crippen LogP contribution < -0.4 is 0 Å². The summed E-state index contributed by atoms with van der Waals surface area (Å²) in [5.74, 6) is -0.231. The van der Waals surface area contributed by atoms with Crippen molar-refractivity contribution in [2.24, 2.45) is 0 Å². The van der Waals surface area contributed by atoms with E-state index in [1.807, 2.05) is 6.07 Å². The molecule has 4 aromatic rings. The molecule has 0 atom stereocenters. The molecule has 1 N–H and O–H groups in total. The Morgan fingerprint density at radius 3 is 2.37 bits per heavy atom. The molecule has 30 heavy (non-hydrogen) atoms. The summed E-state index contributed by atoms with van der Waals surface area (Å²) in [5.41, 5.74) is 1.96. The van der Waals surface area contributed by atoms with E-state index in [1.54, 1.807) is 36.4 Å². The number of halogens is 5. The predicted molar refractivity (Wildman–Crippen MR) is 111 cm³/mol. The fourth-order valence-electron chi connectivity index (χ4n) is 3.17. The van der Waals surface area contributed by atoms with Gasteiger partial charge in [-0.25, -0.2) is 0 Å². The van der Waals surface area contributed by atoms with Gasteiger partial charge in [-0.2, -0.15) is 13.2 Å². The van der Waals surface area contributed by atoms with Crippen LogP contribution in [0.5, 0.6) is 0 Å². The van der Waals surface area contributed by atoms with E-state index in [-0.39, 0.29) is 12.2 Å². The number of Topliss-reactive ketones (excluding diaryl/α,β-unsaturated/α-hetero) is 1. The van der Waals surface area contributed by atoms with Crippen LogP contribution in [0.2, 0.25) is 10.0 Å². The lowest BCUT2D eigenvalue weighted by molar-refractivity contribution is -0.141. The van der Waals surface area contributed by atoms with Gasteiger partial charge in [-0.1, -0.05) is 47.5 Å². The van der Waals surface area contributed by atoms with E-state index in [9.17, 15) is 18.0 Å². The lowest BCUT2D eigenvalue weighted by Gasteiger charge is -2.06. The van der Waals surface area contributed by atoms with Crippen LogP contribution in [0.3, 0.4) is 0 Å². The molecular formula is C22H13Cl2F3N2O. The van der Waals surface area contributed by atoms with Crippen molar-refractivity contribution < 1.29 is 18.0 Å². The first-order chi connectivity index (χ1) is 14.2. The first-order valence-electron chi connectivity index (χ1n) is 8.85. The van der Waals surface area contributed by atoms with Gasteiger partial charge in [0.25, 0.3) is 0 Å². The van der Waals surface area contributed by atoms with Gasteiger partial charge in [-0.05, 0) is 35.9 Å². The Hall–Kier alpha value is -2.83. The number of hydrogen-bond donors (Lipinski definition) is 1. The number of alkyl halides is 3. The molecule has 4 rings (SSSR count). The van der Waals surface area contributed by atoms with Gasteiger partial charge in [0.1, 0.15) is 5.69 Å². The third kappa shape index (κ3) is 4.06. The third-order valence-electron chi connectivity index (χ3n) is 4.66. The zero-order chi connectivity index (χ0) is 21.5. The molecule has 3 nitrogen and oxygen atoms in total. The lowest BCUT2D eigenvalue weighted by Crippen LogP contribution is -2.09. The molecule has 2 aromatic heterocycles. The van der Waals surface area contributed by atoms with Crippen molar-refractivity contribution in [3.8, 4) is 11.3 Å². The average molecular weight is 449 g/mol. The molecule has 0 aliphatic rings. The number of fused-ring (bicyclic) bond motifs is 1. The van der Waals surface area contributed by atoms with Gasteiger partial charge >= 0.3 is 6.18 Å². The van der Waals surface area contributed by atoms with Crippen LogP contribution in [-0.2, 0) is 12.6 Å². The zero-order valence-corrected chi connectivity index (χ0v) is 16.7. The highest BCUT2D eigenvalue weighted by atomic mass is 35.5. The van der Waals surface area contributed by atoms with E-state index in [0.29, 0.717) is 26.7 Å². The molecular weight excluding hydrogens is 436 g/mol. The zero-order valence-electron chi connectivity index (χ0n) is 15.2. The summed E-state index contributed by atoms with van der Waals surface area (Å²) in [5, 5.41) is 1.87. The number of rotatable bonds is 4. The van der Waals surface area contributed by atoms with E-state index in [1.165, 1.54) is 6.07 Å². The highest BCUT2D eigenvalue weighted by Crippen LogP contribution is 2.35. The molecule has 0 radical (unpaired) electrons. The van der Waals surface area contributed by atoms with Gasteiger partial charge in [0.05, 0.1) is 10.0 Å². The fraction of sp³-hybridized carbons (Fsp3) is 0.0909. The molecule has 0 aliphatic heterocycles. The lowest BCUT2D eigenvalue weighted by atomic mass is 10.0. The summed E-state index contributed by atoms with van der Waals surface area (Å²) >= 11 is 12.5. The number of aromatic nitrogens is 2. The Labute approximate surface area is 179 Å². The van der Waals surface area contributed by atoms with E-state index < -0.39 is 11.9 Å². The van der Waals surface area contributed by atoms with Gasteiger partial charge in [-0.15, -0.1) is 0 Å². The van der Waals surface area contributed by atoms with Crippen LogP contribution in [0, 0.1) is 0 Å². The fourth-order valence-corrected chi connectivity index (χ4v) is 3.78. The molecule has 0 amide bonds. The average Bonchev–Trinajstić information content (AvgIpc) is 3.10. The Balaban J connectivity index is 1.60. The third-order valence-corrected chi connectivity index (χ3v) is 5.29. The van der Waals surface area contributed by atoms with Gasteiger partial charge in [-0.3, -0.25) is 9.78 Å². The predicted octanol–water partition coefficient (Wildman–Crippen LogP) is 6.98. The smallest absolute Gasteiger partial charge is 0.354 e. The second kappa shape index (κ2) is 7.78. The van der Waals surface area contributed by atoms with Crippen LogP contribution in [-0.4, -0.2) is 15.8 Å². The minimum Gasteiger partial charge on any atom is -0.354 e. The molecule has 0 aliphatic carbocycles. The van der Waals surface area contributed by atoms with E-state index in [2.05, 4.69) is 9.97 Å². The molecule has 8 heteroatoms. The Bertz CT molecular complexity index is 1230. The maximum atomic E-state index is 12.6. The Morgan fingerprint density at radius 1 is 1.00 bits per heavy atom. The normalized spacial score (nSPS) is 11.8. The minimum atomic E-state index is -4.51. The number of benzene rings is 2. The van der Waals surface area contributed by atoms with E-state index >= 15 is 0 Å². The maximum Gasteiger partial charge on any atom is 0.433 e. The number of hydrogen-bond acceptors (Lipinski definition) is 2. The number of carbonyl (C=O) groups excluding carboxylic acids is 1. The first-order valence-corrected chi connectivity index (χ1v) is 9.60. The molecule has 0 bridgehead atoms. The number of nitrogens with zero attached hydrogens (tertiary/aromatic N) is 1. The van der Waals surface area contributed by atoms with Crippen molar-refractivity contribution in [2.45, 2.75) is 12.6 Å². The second-order valence-corrected chi connectivity index (χ2v) is 7.55. The number of H-pyrrole nitrogens is 1. The molecule has 0 unspecified atom stereocenters. The summed E-state index contributed by atoms with van der Waals surface area (Å²) < 4.78 is 37.9. The molecule has 152 valence electrons. The van der Waals surface area contributed by atoms with E-state index in [0.717, 1.165) is 28.9 Å². The maximum absolute atomic E-state index is 12.6. The molecule has 2 aromatic carbocycles. The van der Waals surface area contributed by atoms with Crippen molar-refractivity contribution in [1.82, 2.24) is 9.97 Å². The number of ketones is 1. The Morgan fingerprint density at radius 2 is 1.73 bits per heavy atom. The van der Waals surface area contributed by atoms with Gasteiger partial charge in [0, 0.05) is 40.3 Å². The van der Waals surface area contributed by atoms with Crippen molar-refractivity contribution in [3.63, 3.8) is 0 Å². The minimum absolute atomic E-state index is 0.0550. The molecule has 0 saturated carbocycles. The van der Waals surface area contributed by atoms with Crippen LogP contribution in [0.1, 0.15) is 21.6 Å². The van der Waals surface area contributed by atoms with Gasteiger partial charge in [0.2, 0.25) is 0 Å². The SMILES string of the molecule is O=C(Cc1ccc(C(F)(F)F)nc1)c1ccc2cc(-c3c(Cl)cccc3Cl)[nH]c2c1. The Kier molecular flexibility index (Phi) is 5.30. The molecule has 0 spiro atoms. The summed E-state index contributed by atoms with van der Waals surface area (Å²) in [6.07, 6.45) is -3.49. The van der Waals surface area contributed by atoms with Crippen molar-refractivity contribution >= 4 is 39.9 Å². The highest BCUT2D eigenvalue weighted by molar-refractivity contribution is 6.39. The van der Waals surface area contributed by atoms with Gasteiger partial charge < -0.3 is 4.98 Å². The van der Waals surface area contributed by atoms with Crippen LogP contribution in [0.4, 0.5) is 13.2 Å². The van der Waals surface area contributed by atoms with Crippen LogP contribution in [0.25, 0.3) is 22.2 Å². The largest absolute Gasteiger partial charge is 0.433 e. The number of aromatic amines is 1. The highest BCUT2D eigenvalue weighted by Gasteiger charge is 2.32. The summed E-state index contributed by atoms with van der Waals surface area (Å²) in [6.45, 7) is 0. The molecule has 0 saturated heterocycles. The standard InChI is InChI=1S/C22H13Cl2F3N2O/c23-15-2-1-3-16(24)21(15)18-9-13-5-6-14(10-17(13)29-18)19(30)8-12-4-7-20(28-11-12)22(25,26)27/h1-7,9-11,29H,8H2. The number of carbonyl (C=O) groups is 1. The number of nitrogens with one attached hydrogen (secondary N) is 1. The van der Waals surface area contributed by atoms with Crippen LogP contribution in [0.15, 0.2) is 60.8 Å². The van der Waals surface area contributed by atoms with Crippen molar-refractivity contribution in [1.29, 1.82) is 0 Å². The van der Waals surface area contributed by atoms with Crippen molar-refractivity contribution in [2.75, 3.05) is 0 Å². The van der Waals surface area contributed by atoms with Crippen LogP contribution >= 0.6 is 23.2 Å². The topological polar surface area (TPSA) is 45.8 Å². The quantitative estimate of drug-likeness (QED) is 0.342. The molecule has 2 heterocycles. The molecule has 0 fully saturated rings. The second-order valence-electron chi connectivity index (χ2n) is 6.73. The van der Waals surface area contributed by atoms with Crippen molar-refractivity contribution in [3.05, 3.63) is 87.7 Å². The van der Waals surface area contributed by atoms with E-state index in [4.69, 9.17) is 23.2 Å². The summed E-state index contributed by atoms with van der Waals surface area (Å²) in [7, 11) is 0. The monoisotopic (exact) mass is 448 g/mol. The number of pyridine rings is 1. The first kappa shape index (κ1) is 20.4. The van der Waals surface area contributed by atoms with Gasteiger partial charge in [0.15, 0.2) is 5.78 Å². The summed E-state index contributed by atoms with van der Waals surface area (Å²) in [4.78, 5) is 19.2. The summed E-state index contributed by atoms with van der Waals surface area (Å²) in [6, 6.07) is 14.4.